The van der Waals surface area contributed by atoms with Crippen LogP contribution in [0, 0.1) is 0 Å². The first-order valence-electron chi connectivity index (χ1n) is 7.32. The Labute approximate surface area is 134 Å². The zero-order valence-electron chi connectivity index (χ0n) is 12.4. The van der Waals surface area contributed by atoms with E-state index in [0.717, 1.165) is 18.7 Å². The van der Waals surface area contributed by atoms with E-state index in [1.165, 1.54) is 9.80 Å². The quantitative estimate of drug-likeness (QED) is 0.768. The molecule has 1 atom stereocenters. The molecular formula is C15H19ClN3O3+. The minimum absolute atomic E-state index is 0.223. The van der Waals surface area contributed by atoms with Crippen molar-refractivity contribution in [3.05, 3.63) is 34.9 Å². The number of carbonyl (C=O) groups excluding carboxylic acids is 2. The number of quaternary nitrogens is 1. The van der Waals surface area contributed by atoms with Gasteiger partial charge in [0.05, 0.1) is 13.2 Å². The van der Waals surface area contributed by atoms with E-state index in [4.69, 9.17) is 16.3 Å². The molecule has 2 aliphatic heterocycles. The van der Waals surface area contributed by atoms with Crippen LogP contribution in [0.5, 0.6) is 0 Å². The molecule has 0 spiro atoms. The van der Waals surface area contributed by atoms with Crippen LogP contribution in [0.25, 0.3) is 0 Å². The molecule has 0 saturated carbocycles. The molecule has 22 heavy (non-hydrogen) atoms. The highest BCUT2D eigenvalue weighted by molar-refractivity contribution is 6.30. The second-order valence-corrected chi connectivity index (χ2v) is 6.25. The third kappa shape index (κ3) is 2.69. The molecule has 0 aromatic heterocycles. The molecule has 2 aliphatic rings. The van der Waals surface area contributed by atoms with Crippen LogP contribution in [-0.4, -0.2) is 49.8 Å². The second kappa shape index (κ2) is 5.87. The summed E-state index contributed by atoms with van der Waals surface area (Å²) in [6, 6.07) is 6.63. The van der Waals surface area contributed by atoms with Gasteiger partial charge in [-0.1, -0.05) is 23.7 Å². The summed E-state index contributed by atoms with van der Waals surface area (Å²) < 4.78 is 5.30. The largest absolute Gasteiger partial charge is 0.370 e. The lowest BCUT2D eigenvalue weighted by molar-refractivity contribution is -0.915. The summed E-state index contributed by atoms with van der Waals surface area (Å²) in [5, 5.41) is 3.40. The highest BCUT2D eigenvalue weighted by atomic mass is 35.5. The van der Waals surface area contributed by atoms with Gasteiger partial charge >= 0.3 is 6.03 Å². The zero-order chi connectivity index (χ0) is 15.7. The Morgan fingerprint density at radius 1 is 1.27 bits per heavy atom. The standard InChI is InChI=1S/C15H18ClN3O3/c1-15(11-2-4-12(16)5-3-11)13(20)19(14(21)17-15)10-18-6-8-22-9-7-18/h2-5H,6-10H2,1H3,(H,17,21)/p+1/t15-/m0/s1. The topological polar surface area (TPSA) is 63.1 Å². The van der Waals surface area contributed by atoms with Gasteiger partial charge in [-0.05, 0) is 24.6 Å². The van der Waals surface area contributed by atoms with Crippen LogP contribution in [0.15, 0.2) is 24.3 Å². The maximum Gasteiger partial charge on any atom is 0.329 e. The van der Waals surface area contributed by atoms with Crippen molar-refractivity contribution in [3.8, 4) is 0 Å². The molecule has 0 bridgehead atoms. The van der Waals surface area contributed by atoms with Gasteiger partial charge < -0.3 is 15.0 Å². The van der Waals surface area contributed by atoms with Crippen LogP contribution < -0.4 is 10.2 Å². The Hall–Kier alpha value is -1.63. The van der Waals surface area contributed by atoms with Gasteiger partial charge in [0.15, 0.2) is 6.67 Å². The van der Waals surface area contributed by atoms with Crippen molar-refractivity contribution in [2.24, 2.45) is 0 Å². The molecular weight excluding hydrogens is 306 g/mol. The molecule has 2 fully saturated rings. The summed E-state index contributed by atoms with van der Waals surface area (Å²) in [5.41, 5.74) is -0.303. The number of carbonyl (C=O) groups is 2. The fraction of sp³-hybridized carbons (Fsp3) is 0.467. The summed E-state index contributed by atoms with van der Waals surface area (Å²) in [6.45, 7) is 5.02. The lowest BCUT2D eigenvalue weighted by atomic mass is 9.92. The average molecular weight is 325 g/mol. The predicted molar refractivity (Wildman–Crippen MR) is 80.6 cm³/mol. The number of benzene rings is 1. The maximum absolute atomic E-state index is 12.8. The van der Waals surface area contributed by atoms with Crippen LogP contribution >= 0.6 is 11.6 Å². The molecule has 3 amide bonds. The Morgan fingerprint density at radius 2 is 1.91 bits per heavy atom. The van der Waals surface area contributed by atoms with Crippen molar-refractivity contribution in [2.45, 2.75) is 12.5 Å². The van der Waals surface area contributed by atoms with E-state index in [1.54, 1.807) is 31.2 Å². The molecule has 1 aromatic carbocycles. The smallest absolute Gasteiger partial charge is 0.329 e. The molecule has 2 saturated heterocycles. The van der Waals surface area contributed by atoms with Gasteiger partial charge in [0.25, 0.3) is 5.91 Å². The number of amides is 3. The number of imide groups is 1. The molecule has 1 aromatic rings. The first-order chi connectivity index (χ1) is 10.5. The van der Waals surface area contributed by atoms with Crippen molar-refractivity contribution < 1.29 is 19.2 Å². The third-order valence-corrected chi connectivity index (χ3v) is 4.53. The van der Waals surface area contributed by atoms with Gasteiger partial charge in [-0.2, -0.15) is 0 Å². The van der Waals surface area contributed by atoms with Crippen molar-refractivity contribution in [2.75, 3.05) is 33.0 Å². The molecule has 2 N–H and O–H groups in total. The minimum atomic E-state index is -1.03. The van der Waals surface area contributed by atoms with Crippen LogP contribution in [0.1, 0.15) is 12.5 Å². The Morgan fingerprint density at radius 3 is 2.55 bits per heavy atom. The fourth-order valence-electron chi connectivity index (χ4n) is 2.86. The third-order valence-electron chi connectivity index (χ3n) is 4.28. The van der Waals surface area contributed by atoms with Crippen LogP contribution in [-0.2, 0) is 15.1 Å². The SMILES string of the molecule is C[C@@]1(c2ccc(Cl)cc2)NC(=O)N(C[NH+]2CCOCC2)C1=O. The molecule has 0 unspecified atom stereocenters. The molecule has 0 aliphatic carbocycles. The fourth-order valence-corrected chi connectivity index (χ4v) is 2.99. The summed E-state index contributed by atoms with van der Waals surface area (Å²) >= 11 is 5.89. The minimum Gasteiger partial charge on any atom is -0.370 e. The molecule has 3 rings (SSSR count). The lowest BCUT2D eigenvalue weighted by Crippen LogP contribution is -3.15. The van der Waals surface area contributed by atoms with Gasteiger partial charge in [0, 0.05) is 5.02 Å². The van der Waals surface area contributed by atoms with E-state index in [1.807, 2.05) is 0 Å². The van der Waals surface area contributed by atoms with E-state index >= 15 is 0 Å². The monoisotopic (exact) mass is 324 g/mol. The number of ether oxygens (including phenoxy) is 1. The van der Waals surface area contributed by atoms with Crippen LogP contribution in [0.3, 0.4) is 0 Å². The number of morpholine rings is 1. The van der Waals surface area contributed by atoms with Crippen LogP contribution in [0.2, 0.25) is 5.02 Å². The molecule has 7 heteroatoms. The number of rotatable bonds is 3. The lowest BCUT2D eigenvalue weighted by Gasteiger charge is -2.27. The molecule has 2 heterocycles. The first-order valence-corrected chi connectivity index (χ1v) is 7.70. The van der Waals surface area contributed by atoms with Crippen molar-refractivity contribution in [1.29, 1.82) is 0 Å². The maximum atomic E-state index is 12.8. The highest BCUT2D eigenvalue weighted by Crippen LogP contribution is 2.29. The summed E-state index contributed by atoms with van der Waals surface area (Å²) in [6.07, 6.45) is 0. The van der Waals surface area contributed by atoms with E-state index in [2.05, 4.69) is 5.32 Å². The Kier molecular flexibility index (Phi) is 4.08. The van der Waals surface area contributed by atoms with Gasteiger partial charge in [0.2, 0.25) is 0 Å². The normalized spacial score (nSPS) is 26.4. The van der Waals surface area contributed by atoms with Gasteiger partial charge in [0.1, 0.15) is 18.6 Å². The van der Waals surface area contributed by atoms with Gasteiger partial charge in [-0.3, -0.25) is 4.79 Å². The van der Waals surface area contributed by atoms with Crippen molar-refractivity contribution >= 4 is 23.5 Å². The summed E-state index contributed by atoms with van der Waals surface area (Å²) in [7, 11) is 0. The second-order valence-electron chi connectivity index (χ2n) is 5.82. The zero-order valence-corrected chi connectivity index (χ0v) is 13.2. The summed E-state index contributed by atoms with van der Waals surface area (Å²) in [4.78, 5) is 27.5. The number of nitrogens with one attached hydrogen (secondary N) is 2. The molecule has 0 radical (unpaired) electrons. The van der Waals surface area contributed by atoms with Crippen LogP contribution in [0.4, 0.5) is 4.79 Å². The number of halogens is 1. The Bertz CT molecular complexity index is 586. The predicted octanol–water partition coefficient (Wildman–Crippen LogP) is -0.0204. The summed E-state index contributed by atoms with van der Waals surface area (Å²) in [5.74, 6) is -0.223. The molecule has 6 nitrogen and oxygen atoms in total. The van der Waals surface area contributed by atoms with E-state index in [9.17, 15) is 9.59 Å². The van der Waals surface area contributed by atoms with Gasteiger partial charge in [-0.25, -0.2) is 9.69 Å². The van der Waals surface area contributed by atoms with E-state index < -0.39 is 5.54 Å². The average Bonchev–Trinajstić information content (AvgIpc) is 2.73. The van der Waals surface area contributed by atoms with Crippen molar-refractivity contribution in [1.82, 2.24) is 10.2 Å². The van der Waals surface area contributed by atoms with Gasteiger partial charge in [-0.15, -0.1) is 0 Å². The number of hydrogen-bond donors (Lipinski definition) is 2. The number of hydrogen-bond acceptors (Lipinski definition) is 3. The number of nitrogens with zero attached hydrogens (tertiary/aromatic N) is 1. The number of urea groups is 1. The van der Waals surface area contributed by atoms with E-state index in [0.29, 0.717) is 24.9 Å². The Balaban J connectivity index is 1.79. The highest BCUT2D eigenvalue weighted by Gasteiger charge is 2.50. The first kappa shape index (κ1) is 15.3. The van der Waals surface area contributed by atoms with Crippen molar-refractivity contribution in [3.63, 3.8) is 0 Å². The van der Waals surface area contributed by atoms with E-state index in [-0.39, 0.29) is 11.9 Å². The molecule has 118 valence electrons.